The Kier molecular flexibility index (Phi) is 7.46. The third-order valence-corrected chi connectivity index (χ3v) is 6.43. The fourth-order valence-corrected chi connectivity index (χ4v) is 4.69. The molecule has 2 atom stereocenters. The summed E-state index contributed by atoms with van der Waals surface area (Å²) in [6.07, 6.45) is -1.31. The van der Waals surface area contributed by atoms with Gasteiger partial charge in [-0.3, -0.25) is 0 Å². The molecule has 0 aliphatic heterocycles. The first-order valence-corrected chi connectivity index (χ1v) is 12.2. The smallest absolute Gasteiger partial charge is 0.419 e. The third-order valence-electron chi connectivity index (χ3n) is 6.03. The number of esters is 1. The van der Waals surface area contributed by atoms with Crippen molar-refractivity contribution in [2.75, 3.05) is 12.4 Å². The van der Waals surface area contributed by atoms with Crippen LogP contribution in [-0.2, 0) is 15.7 Å². The number of aromatic amines is 1. The van der Waals surface area contributed by atoms with Gasteiger partial charge in [0, 0.05) is 35.4 Å². The number of ether oxygens (including phenoxy) is 2. The first kappa shape index (κ1) is 27.5. The van der Waals surface area contributed by atoms with E-state index in [2.05, 4.69) is 25.6 Å². The van der Waals surface area contributed by atoms with Crippen LogP contribution in [0.15, 0.2) is 24.5 Å². The lowest BCUT2D eigenvalue weighted by Crippen LogP contribution is -2.38. The summed E-state index contributed by atoms with van der Waals surface area (Å²) in [6.45, 7) is 5.31. The van der Waals surface area contributed by atoms with Crippen molar-refractivity contribution < 1.29 is 32.2 Å². The summed E-state index contributed by atoms with van der Waals surface area (Å²) >= 11 is 6.34. The molecule has 13 heteroatoms. The molecule has 204 valence electrons. The number of halogens is 4. The molecular weight excluding hydrogens is 527 g/mol. The van der Waals surface area contributed by atoms with Crippen LogP contribution >= 0.6 is 11.6 Å². The number of hydrogen-bond acceptors (Lipinski definition) is 7. The molecule has 9 nitrogen and oxygen atoms in total. The van der Waals surface area contributed by atoms with E-state index < -0.39 is 29.4 Å². The zero-order valence-electron chi connectivity index (χ0n) is 21.1. The Bertz CT molecular complexity index is 1370. The number of fused-ring (bicyclic) bond motifs is 1. The Morgan fingerprint density at radius 3 is 2.53 bits per heavy atom. The fraction of sp³-hybridized carbons (Fsp3) is 0.440. The predicted molar refractivity (Wildman–Crippen MR) is 135 cm³/mol. The minimum absolute atomic E-state index is 0.0162. The molecule has 3 N–H and O–H groups in total. The van der Waals surface area contributed by atoms with E-state index in [-0.39, 0.29) is 45.4 Å². The van der Waals surface area contributed by atoms with E-state index in [9.17, 15) is 22.8 Å². The molecule has 0 spiro atoms. The van der Waals surface area contributed by atoms with Gasteiger partial charge in [-0.2, -0.15) is 13.2 Å². The largest absolute Gasteiger partial charge is 0.465 e. The van der Waals surface area contributed by atoms with Crippen LogP contribution in [0.3, 0.4) is 0 Å². The number of nitrogens with zero attached hydrogens (tertiary/aromatic N) is 2. The van der Waals surface area contributed by atoms with Crippen molar-refractivity contribution >= 4 is 40.5 Å². The van der Waals surface area contributed by atoms with Crippen molar-refractivity contribution in [3.05, 3.63) is 40.7 Å². The van der Waals surface area contributed by atoms with Crippen LogP contribution in [0.5, 0.6) is 0 Å². The minimum atomic E-state index is -4.72. The van der Waals surface area contributed by atoms with Crippen LogP contribution in [0.25, 0.3) is 22.2 Å². The minimum Gasteiger partial charge on any atom is -0.465 e. The van der Waals surface area contributed by atoms with Crippen LogP contribution in [0.1, 0.15) is 56.0 Å². The predicted octanol–water partition coefficient (Wildman–Crippen LogP) is 5.94. The first-order valence-electron chi connectivity index (χ1n) is 11.9. The second-order valence-electron chi connectivity index (χ2n) is 9.99. The van der Waals surface area contributed by atoms with Gasteiger partial charge in [-0.1, -0.05) is 17.7 Å². The lowest BCUT2D eigenvalue weighted by molar-refractivity contribution is -0.137. The van der Waals surface area contributed by atoms with Crippen LogP contribution in [0.2, 0.25) is 5.02 Å². The van der Waals surface area contributed by atoms with Gasteiger partial charge in [0.05, 0.1) is 28.9 Å². The molecular formula is C25H27ClF3N5O4. The number of methoxy groups -OCH3 is 1. The van der Waals surface area contributed by atoms with Crippen molar-refractivity contribution in [2.24, 2.45) is 0 Å². The summed E-state index contributed by atoms with van der Waals surface area (Å²) < 4.78 is 51.7. The molecule has 2 aromatic heterocycles. The zero-order valence-corrected chi connectivity index (χ0v) is 21.9. The number of H-pyrrole nitrogens is 1. The second-order valence-corrected chi connectivity index (χ2v) is 10.4. The summed E-state index contributed by atoms with van der Waals surface area (Å²) in [5.74, 6) is -0.656. The Morgan fingerprint density at radius 2 is 1.87 bits per heavy atom. The number of rotatable bonds is 5. The average Bonchev–Trinajstić information content (AvgIpc) is 3.44. The normalized spacial score (nSPS) is 17.9. The Labute approximate surface area is 221 Å². The van der Waals surface area contributed by atoms with E-state index >= 15 is 0 Å². The Hall–Kier alpha value is -3.54. The molecule has 1 aliphatic rings. The number of nitrogens with one attached hydrogen (secondary N) is 3. The monoisotopic (exact) mass is 553 g/mol. The van der Waals surface area contributed by atoms with Crippen LogP contribution in [0, 0.1) is 0 Å². The maximum atomic E-state index is 13.9. The lowest BCUT2D eigenvalue weighted by atomic mass is 10.0. The number of aromatic nitrogens is 3. The van der Waals surface area contributed by atoms with Gasteiger partial charge in [0.15, 0.2) is 0 Å². The Balaban J connectivity index is 1.60. The van der Waals surface area contributed by atoms with Gasteiger partial charge in [-0.25, -0.2) is 19.6 Å². The molecule has 2 heterocycles. The van der Waals surface area contributed by atoms with Crippen LogP contribution in [-0.4, -0.2) is 51.8 Å². The van der Waals surface area contributed by atoms with Crippen molar-refractivity contribution in [1.29, 1.82) is 0 Å². The Morgan fingerprint density at radius 1 is 1.16 bits per heavy atom. The van der Waals surface area contributed by atoms with Crippen molar-refractivity contribution in [1.82, 2.24) is 20.3 Å². The highest BCUT2D eigenvalue weighted by Gasteiger charge is 2.37. The van der Waals surface area contributed by atoms with E-state index in [1.54, 1.807) is 20.8 Å². The molecule has 1 saturated carbocycles. The van der Waals surface area contributed by atoms with Crippen molar-refractivity contribution in [2.45, 2.75) is 63.9 Å². The summed E-state index contributed by atoms with van der Waals surface area (Å²) in [5, 5.41) is 6.27. The quantitative estimate of drug-likeness (QED) is 0.334. The van der Waals surface area contributed by atoms with Crippen LogP contribution in [0.4, 0.5) is 23.9 Å². The molecule has 1 fully saturated rings. The number of hydrogen-bond donors (Lipinski definition) is 3. The number of alkyl halides is 3. The molecule has 4 rings (SSSR count). The standard InChI is InChI=1S/C25H27ClF3N5O4/c1-24(2,3)38-23(36)33-13-6-5-12(9-13)32-22-31-11-17(25(27,28)29)19(34-22)16-10-30-20-14(16)7-8-15(18(20)26)21(35)37-4/h7-8,10-13,30H,5-6,9H2,1-4H3,(H,33,36)(H,31,32,34)/t12-,13-/m0/s1. The van der Waals surface area contributed by atoms with Crippen LogP contribution < -0.4 is 10.6 Å². The summed E-state index contributed by atoms with van der Waals surface area (Å²) in [5.41, 5.74) is -1.49. The van der Waals surface area contributed by atoms with E-state index in [1.165, 1.54) is 25.4 Å². The molecule has 38 heavy (non-hydrogen) atoms. The first-order chi connectivity index (χ1) is 17.8. The number of alkyl carbamates (subject to hydrolysis) is 1. The summed E-state index contributed by atoms with van der Waals surface area (Å²) in [6, 6.07) is 2.55. The molecule has 1 aliphatic carbocycles. The lowest BCUT2D eigenvalue weighted by Gasteiger charge is -2.22. The number of anilines is 1. The van der Waals surface area contributed by atoms with Gasteiger partial charge in [-0.15, -0.1) is 0 Å². The number of carbonyl (C=O) groups excluding carboxylic acids is 2. The summed E-state index contributed by atoms with van der Waals surface area (Å²) in [4.78, 5) is 35.0. The zero-order chi connectivity index (χ0) is 27.8. The number of benzene rings is 1. The summed E-state index contributed by atoms with van der Waals surface area (Å²) in [7, 11) is 1.20. The maximum Gasteiger partial charge on any atom is 0.419 e. The van der Waals surface area contributed by atoms with E-state index in [0.29, 0.717) is 24.6 Å². The van der Waals surface area contributed by atoms with Gasteiger partial charge >= 0.3 is 18.2 Å². The SMILES string of the molecule is COC(=O)c1ccc2c(-c3nc(N[C@H]4CC[C@H](NC(=O)OC(C)(C)C)C4)ncc3C(F)(F)F)c[nH]c2c1Cl. The topological polar surface area (TPSA) is 118 Å². The van der Waals surface area contributed by atoms with Gasteiger partial charge in [0.2, 0.25) is 5.95 Å². The molecule has 0 saturated heterocycles. The third kappa shape index (κ3) is 5.95. The van der Waals surface area contributed by atoms with Crippen molar-refractivity contribution in [3.63, 3.8) is 0 Å². The van der Waals surface area contributed by atoms with Crippen molar-refractivity contribution in [3.8, 4) is 11.3 Å². The molecule has 3 aromatic rings. The van der Waals surface area contributed by atoms with E-state index in [4.69, 9.17) is 21.1 Å². The van der Waals surface area contributed by atoms with Gasteiger partial charge in [-0.05, 0) is 46.1 Å². The average molecular weight is 554 g/mol. The molecule has 1 amide bonds. The van der Waals surface area contributed by atoms with Gasteiger partial charge in [0.1, 0.15) is 11.2 Å². The molecule has 0 unspecified atom stereocenters. The van der Waals surface area contributed by atoms with E-state index in [0.717, 1.165) is 6.20 Å². The highest BCUT2D eigenvalue weighted by Crippen LogP contribution is 2.40. The molecule has 0 bridgehead atoms. The fourth-order valence-electron chi connectivity index (χ4n) is 4.39. The van der Waals surface area contributed by atoms with Gasteiger partial charge in [0.25, 0.3) is 0 Å². The highest BCUT2D eigenvalue weighted by molar-refractivity contribution is 6.38. The second kappa shape index (κ2) is 10.3. The van der Waals surface area contributed by atoms with Gasteiger partial charge < -0.3 is 25.1 Å². The molecule has 0 radical (unpaired) electrons. The number of carbonyl (C=O) groups is 2. The maximum absolute atomic E-state index is 13.9. The highest BCUT2D eigenvalue weighted by atomic mass is 35.5. The molecule has 1 aromatic carbocycles. The number of amides is 1. The van der Waals surface area contributed by atoms with E-state index in [1.807, 2.05) is 0 Å².